The summed E-state index contributed by atoms with van der Waals surface area (Å²) in [6, 6.07) is 38.7. The second-order valence-electron chi connectivity index (χ2n) is 10.0. The van der Waals surface area contributed by atoms with Gasteiger partial charge in [0.05, 0.1) is 0 Å². The minimum absolute atomic E-state index is 0.583. The molecule has 0 bridgehead atoms. The van der Waals surface area contributed by atoms with Crippen molar-refractivity contribution in [2.45, 2.75) is 51.5 Å². The molecular formula is C34H33N. The zero-order valence-electron chi connectivity index (χ0n) is 20.7. The van der Waals surface area contributed by atoms with Crippen molar-refractivity contribution in [2.24, 2.45) is 0 Å². The number of anilines is 2. The van der Waals surface area contributed by atoms with Gasteiger partial charge in [0.2, 0.25) is 0 Å². The highest BCUT2D eigenvalue weighted by molar-refractivity contribution is 5.98. The van der Waals surface area contributed by atoms with Crippen LogP contribution in [-0.2, 0) is 6.42 Å². The number of aryl methyl sites for hydroxylation is 1. The van der Waals surface area contributed by atoms with Gasteiger partial charge in [0.25, 0.3) is 0 Å². The summed E-state index contributed by atoms with van der Waals surface area (Å²) in [7, 11) is 0. The van der Waals surface area contributed by atoms with E-state index in [9.17, 15) is 0 Å². The molecule has 2 unspecified atom stereocenters. The van der Waals surface area contributed by atoms with Gasteiger partial charge < -0.3 is 4.90 Å². The third-order valence-electron chi connectivity index (χ3n) is 8.05. The van der Waals surface area contributed by atoms with Crippen LogP contribution in [0.3, 0.4) is 0 Å². The van der Waals surface area contributed by atoms with Crippen molar-refractivity contribution >= 4 is 22.5 Å². The lowest BCUT2D eigenvalue weighted by molar-refractivity contribution is 0.641. The predicted molar refractivity (Wildman–Crippen MR) is 149 cm³/mol. The van der Waals surface area contributed by atoms with E-state index in [4.69, 9.17) is 0 Å². The van der Waals surface area contributed by atoms with E-state index in [1.54, 1.807) is 0 Å². The highest BCUT2D eigenvalue weighted by atomic mass is 15.2. The topological polar surface area (TPSA) is 3.24 Å². The third-order valence-corrected chi connectivity index (χ3v) is 8.05. The number of hydrogen-bond donors (Lipinski definition) is 0. The fourth-order valence-corrected chi connectivity index (χ4v) is 6.27. The Morgan fingerprint density at radius 2 is 1.40 bits per heavy atom. The first kappa shape index (κ1) is 21.9. The maximum atomic E-state index is 2.63. The Kier molecular flexibility index (Phi) is 5.78. The SMILES string of the molecule is CCc1ccc(N2c3ccc(C(C)=C(c4ccccc4)c4ccccc4)cc3C3CCCC32)cc1. The molecule has 174 valence electrons. The second-order valence-corrected chi connectivity index (χ2v) is 10.0. The highest BCUT2D eigenvalue weighted by Gasteiger charge is 2.42. The largest absolute Gasteiger partial charge is 0.338 e. The fraction of sp³-hybridized carbons (Fsp3) is 0.235. The van der Waals surface area contributed by atoms with Gasteiger partial charge in [-0.2, -0.15) is 0 Å². The number of nitrogens with zero attached hydrogens (tertiary/aromatic N) is 1. The van der Waals surface area contributed by atoms with Gasteiger partial charge in [0.1, 0.15) is 0 Å². The maximum absolute atomic E-state index is 2.63. The van der Waals surface area contributed by atoms with Crippen LogP contribution < -0.4 is 4.90 Å². The quantitative estimate of drug-likeness (QED) is 0.271. The van der Waals surface area contributed by atoms with Crippen LogP contribution in [0, 0.1) is 0 Å². The van der Waals surface area contributed by atoms with Crippen LogP contribution in [-0.4, -0.2) is 6.04 Å². The van der Waals surface area contributed by atoms with Crippen molar-refractivity contribution in [1.82, 2.24) is 0 Å². The summed E-state index contributed by atoms with van der Waals surface area (Å²) in [6.45, 7) is 4.52. The lowest BCUT2D eigenvalue weighted by atomic mass is 9.88. The zero-order chi connectivity index (χ0) is 23.8. The van der Waals surface area contributed by atoms with E-state index in [2.05, 4.69) is 122 Å². The standard InChI is InChI=1S/C34H33N/c1-3-25-17-20-29(21-18-25)35-32-16-10-15-30(32)31-23-28(19-22-33(31)35)24(2)34(26-11-6-4-7-12-26)27-13-8-5-9-14-27/h4-9,11-14,17-23,30,32H,3,10,15-16H2,1-2H3. The summed E-state index contributed by atoms with van der Waals surface area (Å²) in [5.41, 5.74) is 12.2. The Morgan fingerprint density at radius 1 is 0.743 bits per heavy atom. The Balaban J connectivity index is 1.47. The molecule has 0 amide bonds. The molecule has 2 aliphatic rings. The first-order chi connectivity index (χ1) is 17.2. The highest BCUT2D eigenvalue weighted by Crippen LogP contribution is 2.53. The Morgan fingerprint density at radius 3 is 2.03 bits per heavy atom. The van der Waals surface area contributed by atoms with Crippen LogP contribution in [0.5, 0.6) is 0 Å². The van der Waals surface area contributed by atoms with E-state index in [1.807, 2.05) is 0 Å². The number of hydrogen-bond acceptors (Lipinski definition) is 1. The molecule has 0 saturated heterocycles. The van der Waals surface area contributed by atoms with Crippen molar-refractivity contribution in [3.8, 4) is 0 Å². The molecule has 6 rings (SSSR count). The van der Waals surface area contributed by atoms with Crippen LogP contribution in [0.15, 0.2) is 103 Å². The molecule has 0 radical (unpaired) electrons. The summed E-state index contributed by atoms with van der Waals surface area (Å²) in [4.78, 5) is 2.63. The van der Waals surface area contributed by atoms with Gasteiger partial charge in [0, 0.05) is 23.3 Å². The van der Waals surface area contributed by atoms with Gasteiger partial charge in [-0.3, -0.25) is 0 Å². The van der Waals surface area contributed by atoms with Gasteiger partial charge >= 0.3 is 0 Å². The fourth-order valence-electron chi connectivity index (χ4n) is 6.27. The van der Waals surface area contributed by atoms with E-state index in [0.29, 0.717) is 12.0 Å². The van der Waals surface area contributed by atoms with Crippen molar-refractivity contribution in [2.75, 3.05) is 4.90 Å². The summed E-state index contributed by atoms with van der Waals surface area (Å²) in [6.07, 6.45) is 4.97. The molecule has 4 aromatic carbocycles. The van der Waals surface area contributed by atoms with Crippen LogP contribution in [0.25, 0.3) is 11.1 Å². The molecule has 1 aliphatic heterocycles. The summed E-state index contributed by atoms with van der Waals surface area (Å²) in [5, 5.41) is 0. The van der Waals surface area contributed by atoms with E-state index >= 15 is 0 Å². The Labute approximate surface area is 209 Å². The molecule has 0 N–H and O–H groups in total. The summed E-state index contributed by atoms with van der Waals surface area (Å²) >= 11 is 0. The van der Waals surface area contributed by atoms with Crippen molar-refractivity contribution in [3.05, 3.63) is 131 Å². The number of rotatable bonds is 5. The molecule has 0 aromatic heterocycles. The number of allylic oxidation sites excluding steroid dienone is 1. The zero-order valence-corrected chi connectivity index (χ0v) is 20.7. The summed E-state index contributed by atoms with van der Waals surface area (Å²) < 4.78 is 0. The van der Waals surface area contributed by atoms with Crippen molar-refractivity contribution in [3.63, 3.8) is 0 Å². The Bertz CT molecular complexity index is 1310. The third kappa shape index (κ3) is 3.90. The normalized spacial score (nSPS) is 18.3. The van der Waals surface area contributed by atoms with Crippen LogP contribution in [0.4, 0.5) is 11.4 Å². The lowest BCUT2D eigenvalue weighted by Crippen LogP contribution is -2.26. The molecule has 1 fully saturated rings. The second kappa shape index (κ2) is 9.23. The van der Waals surface area contributed by atoms with E-state index < -0.39 is 0 Å². The molecular weight excluding hydrogens is 422 g/mol. The van der Waals surface area contributed by atoms with Crippen LogP contribution >= 0.6 is 0 Å². The molecule has 0 spiro atoms. The minimum Gasteiger partial charge on any atom is -0.338 e. The van der Waals surface area contributed by atoms with Gasteiger partial charge in [-0.15, -0.1) is 0 Å². The van der Waals surface area contributed by atoms with Gasteiger partial charge in [0.15, 0.2) is 0 Å². The van der Waals surface area contributed by atoms with Crippen LogP contribution in [0.2, 0.25) is 0 Å². The van der Waals surface area contributed by atoms with E-state index in [1.165, 1.54) is 69.6 Å². The minimum atomic E-state index is 0.583. The monoisotopic (exact) mass is 455 g/mol. The van der Waals surface area contributed by atoms with Crippen molar-refractivity contribution < 1.29 is 0 Å². The molecule has 1 heteroatoms. The smallest absolute Gasteiger partial charge is 0.0450 e. The Hall–Kier alpha value is -3.58. The molecule has 1 nitrogen and oxygen atoms in total. The average molecular weight is 456 g/mol. The van der Waals surface area contributed by atoms with E-state index in [-0.39, 0.29) is 0 Å². The van der Waals surface area contributed by atoms with Crippen LogP contribution in [0.1, 0.15) is 66.8 Å². The number of benzene rings is 4. The van der Waals surface area contributed by atoms with E-state index in [0.717, 1.165) is 6.42 Å². The first-order valence-electron chi connectivity index (χ1n) is 13.1. The number of fused-ring (bicyclic) bond motifs is 3. The molecule has 1 saturated carbocycles. The first-order valence-corrected chi connectivity index (χ1v) is 13.1. The maximum Gasteiger partial charge on any atom is 0.0450 e. The van der Waals surface area contributed by atoms with Crippen molar-refractivity contribution in [1.29, 1.82) is 0 Å². The molecule has 1 heterocycles. The van der Waals surface area contributed by atoms with Gasteiger partial charge in [-0.1, -0.05) is 92.2 Å². The molecule has 1 aliphatic carbocycles. The predicted octanol–water partition coefficient (Wildman–Crippen LogP) is 9.02. The molecule has 2 atom stereocenters. The average Bonchev–Trinajstić information content (AvgIpc) is 3.51. The van der Waals surface area contributed by atoms with Gasteiger partial charge in [-0.25, -0.2) is 0 Å². The molecule has 35 heavy (non-hydrogen) atoms. The molecule has 4 aromatic rings. The van der Waals surface area contributed by atoms with Gasteiger partial charge in [-0.05, 0) is 89.4 Å². The lowest BCUT2D eigenvalue weighted by Gasteiger charge is -2.27. The summed E-state index contributed by atoms with van der Waals surface area (Å²) in [5.74, 6) is 0.625.